The summed E-state index contributed by atoms with van der Waals surface area (Å²) in [6.45, 7) is 3.21. The van der Waals surface area contributed by atoms with Gasteiger partial charge < -0.3 is 33.5 Å². The van der Waals surface area contributed by atoms with Crippen LogP contribution < -0.4 is 19.8 Å². The van der Waals surface area contributed by atoms with Crippen molar-refractivity contribution in [2.75, 3.05) is 13.7 Å². The molecule has 4 N–H and O–H groups in total. The molecule has 0 aliphatic heterocycles. The number of hydrogen-bond donors (Lipinski definition) is 1. The van der Waals surface area contributed by atoms with E-state index in [9.17, 15) is 22.6 Å². The van der Waals surface area contributed by atoms with E-state index in [-0.39, 0.29) is 40.6 Å². The Balaban J connectivity index is 0.00000363. The van der Waals surface area contributed by atoms with Crippen molar-refractivity contribution in [2.24, 2.45) is 0 Å². The third kappa shape index (κ3) is 5.35. The molecule has 0 amide bonds. The minimum atomic E-state index is -5.22. The van der Waals surface area contributed by atoms with Crippen LogP contribution in [-0.2, 0) is 15.1 Å². The number of benzene rings is 2. The number of carbonyl (C=O) groups is 2. The molecule has 3 rings (SSSR count). The van der Waals surface area contributed by atoms with Crippen LogP contribution in [0.3, 0.4) is 0 Å². The zero-order valence-electron chi connectivity index (χ0n) is 17.7. The van der Waals surface area contributed by atoms with E-state index in [1.165, 1.54) is 38.3 Å². The Morgan fingerprint density at radius 3 is 2.28 bits per heavy atom. The van der Waals surface area contributed by atoms with Crippen LogP contribution in [-0.4, -0.2) is 38.6 Å². The van der Waals surface area contributed by atoms with Gasteiger partial charge in [-0.15, -0.1) is 0 Å². The summed E-state index contributed by atoms with van der Waals surface area (Å²) in [7, 11) is -3.76. The molecule has 0 aliphatic rings. The second kappa shape index (κ2) is 9.68. The molecule has 2 aromatic carbocycles. The molecule has 3 aromatic rings. The van der Waals surface area contributed by atoms with E-state index in [0.717, 1.165) is 12.1 Å². The van der Waals surface area contributed by atoms with E-state index in [1.54, 1.807) is 6.92 Å². The third-order valence-electron chi connectivity index (χ3n) is 4.13. The van der Waals surface area contributed by atoms with Gasteiger partial charge in [0, 0.05) is 11.5 Å². The number of hydrogen-bond acceptors (Lipinski definition) is 10. The number of quaternary nitrogens is 1. The highest BCUT2D eigenvalue weighted by Gasteiger charge is 2.24. The quantitative estimate of drug-likeness (QED) is 0.234. The molecule has 1 heterocycles. The molecule has 0 bridgehead atoms. The summed E-state index contributed by atoms with van der Waals surface area (Å²) in [6, 6.07) is 8.12. The van der Waals surface area contributed by atoms with Crippen LogP contribution in [0.5, 0.6) is 17.2 Å². The summed E-state index contributed by atoms with van der Waals surface area (Å²) < 4.78 is 58.8. The lowest BCUT2D eigenvalue weighted by Gasteiger charge is -2.13. The van der Waals surface area contributed by atoms with Crippen LogP contribution in [0.2, 0.25) is 0 Å². The molecule has 11 nitrogen and oxygen atoms in total. The van der Waals surface area contributed by atoms with Gasteiger partial charge in [-0.2, -0.15) is 0 Å². The summed E-state index contributed by atoms with van der Waals surface area (Å²) in [4.78, 5) is 24.7. The number of ether oxygens (including phenoxy) is 3. The molecular weight excluding hydrogens is 446 g/mol. The van der Waals surface area contributed by atoms with Gasteiger partial charge in [0.1, 0.15) is 22.7 Å². The number of furan rings is 1. The molecule has 0 saturated heterocycles. The lowest BCUT2D eigenvalue weighted by atomic mass is 10.1. The fourth-order valence-corrected chi connectivity index (χ4v) is 3.17. The molecule has 0 aliphatic carbocycles. The van der Waals surface area contributed by atoms with E-state index in [2.05, 4.69) is 4.18 Å². The molecule has 0 atom stereocenters. The van der Waals surface area contributed by atoms with E-state index in [1.807, 2.05) is 0 Å². The molecule has 0 radical (unpaired) electrons. The monoisotopic (exact) mass is 467 g/mol. The van der Waals surface area contributed by atoms with E-state index >= 15 is 0 Å². The molecular formula is C20H21NO10S. The Labute approximate surface area is 183 Å². The highest BCUT2D eigenvalue weighted by atomic mass is 32.3. The maximum Gasteiger partial charge on any atom is 0.343 e. The fourth-order valence-electron chi connectivity index (χ4n) is 2.82. The maximum absolute atomic E-state index is 12.5. The average molecular weight is 467 g/mol. The Hall–Kier alpha value is -3.61. The first-order valence-corrected chi connectivity index (χ1v) is 10.2. The first-order valence-electron chi connectivity index (χ1n) is 8.88. The molecule has 0 fully saturated rings. The summed E-state index contributed by atoms with van der Waals surface area (Å²) in [6.07, 6.45) is 0. The van der Waals surface area contributed by atoms with Crippen molar-refractivity contribution in [3.05, 3.63) is 53.3 Å². The summed E-state index contributed by atoms with van der Waals surface area (Å²) >= 11 is 0. The predicted molar refractivity (Wildman–Crippen MR) is 111 cm³/mol. The number of esters is 2. The fraction of sp³-hybridized carbons (Fsp3) is 0.200. The summed E-state index contributed by atoms with van der Waals surface area (Å²) in [5.74, 6) is -1.85. The van der Waals surface area contributed by atoms with Gasteiger partial charge in [-0.3, -0.25) is 0 Å². The Morgan fingerprint density at radius 2 is 1.72 bits per heavy atom. The second-order valence-electron chi connectivity index (χ2n) is 6.16. The minimum absolute atomic E-state index is 0. The van der Waals surface area contributed by atoms with Gasteiger partial charge in [0.25, 0.3) is 10.4 Å². The smallest absolute Gasteiger partial charge is 0.343 e. The number of methoxy groups -OCH3 is 1. The third-order valence-corrected chi connectivity index (χ3v) is 4.51. The molecule has 1 aromatic heterocycles. The van der Waals surface area contributed by atoms with Crippen LogP contribution in [0.4, 0.5) is 0 Å². The molecule has 0 unspecified atom stereocenters. The Morgan fingerprint density at radius 1 is 1.06 bits per heavy atom. The largest absolute Gasteiger partial charge is 0.716 e. The van der Waals surface area contributed by atoms with Gasteiger partial charge >= 0.3 is 11.9 Å². The van der Waals surface area contributed by atoms with Gasteiger partial charge in [-0.1, -0.05) is 0 Å². The van der Waals surface area contributed by atoms with Gasteiger partial charge in [0.05, 0.1) is 19.3 Å². The van der Waals surface area contributed by atoms with Crippen molar-refractivity contribution >= 4 is 33.3 Å². The molecule has 172 valence electrons. The lowest BCUT2D eigenvalue weighted by molar-refractivity contribution is 0.0526. The van der Waals surface area contributed by atoms with E-state index < -0.39 is 33.8 Å². The van der Waals surface area contributed by atoms with Crippen molar-refractivity contribution in [1.29, 1.82) is 0 Å². The topological polar surface area (TPSA) is 178 Å². The standard InChI is InChI=1S/C20H18O10S.H3N/c1-4-27-20(22)18-11(2)28-15-10-16(17(9-14(15)18)30-31(23,24)25)29-19(21)12-5-7-13(26-3)8-6-12;/h5-10H,4H2,1-3H3,(H,23,24,25);1H3. The summed E-state index contributed by atoms with van der Waals surface area (Å²) in [5, 5.41) is 0.124. The second-order valence-corrected chi connectivity index (χ2v) is 7.14. The minimum Gasteiger partial charge on any atom is -0.716 e. The molecule has 12 heteroatoms. The van der Waals surface area contributed by atoms with Crippen LogP contribution in [0.15, 0.2) is 40.8 Å². The van der Waals surface area contributed by atoms with E-state index in [4.69, 9.17) is 18.6 Å². The van der Waals surface area contributed by atoms with Crippen LogP contribution in [0.25, 0.3) is 11.0 Å². The van der Waals surface area contributed by atoms with E-state index in [0.29, 0.717) is 5.75 Å². The molecule has 32 heavy (non-hydrogen) atoms. The molecule has 0 spiro atoms. The maximum atomic E-state index is 12.5. The van der Waals surface area contributed by atoms with Crippen LogP contribution in [0.1, 0.15) is 33.4 Å². The lowest BCUT2D eigenvalue weighted by Crippen LogP contribution is -2.12. The van der Waals surface area contributed by atoms with Crippen molar-refractivity contribution in [1.82, 2.24) is 6.15 Å². The highest BCUT2D eigenvalue weighted by molar-refractivity contribution is 7.81. The molecule has 0 saturated carbocycles. The normalized spacial score (nSPS) is 10.9. The van der Waals surface area contributed by atoms with Crippen LogP contribution in [0, 0.1) is 6.92 Å². The average Bonchev–Trinajstić information content (AvgIpc) is 3.01. The van der Waals surface area contributed by atoms with Crippen molar-refractivity contribution in [3.8, 4) is 17.2 Å². The van der Waals surface area contributed by atoms with Gasteiger partial charge in [-0.05, 0) is 44.2 Å². The zero-order chi connectivity index (χ0) is 22.8. The van der Waals surface area contributed by atoms with Crippen LogP contribution >= 0.6 is 0 Å². The van der Waals surface area contributed by atoms with Gasteiger partial charge in [-0.25, -0.2) is 18.0 Å². The predicted octanol–water partition coefficient (Wildman–Crippen LogP) is 3.36. The Bertz CT molecular complexity index is 1250. The zero-order valence-corrected chi connectivity index (χ0v) is 18.5. The number of carbonyl (C=O) groups excluding carboxylic acids is 2. The first kappa shape index (κ1) is 24.7. The highest BCUT2D eigenvalue weighted by Crippen LogP contribution is 2.38. The first-order chi connectivity index (χ1) is 14.6. The summed E-state index contributed by atoms with van der Waals surface area (Å²) in [5.41, 5.74) is 0.242. The van der Waals surface area contributed by atoms with Gasteiger partial charge in [0.15, 0.2) is 11.5 Å². The SMILES string of the molecule is CCOC(=O)c1c(C)oc2cc(OC(=O)c3ccc(OC)cc3)c(OS(=O)(=O)[O-])cc12.[NH4+]. The number of aryl methyl sites for hydroxylation is 1. The number of fused-ring (bicyclic) bond motifs is 1. The Kier molecular flexibility index (Phi) is 7.46. The van der Waals surface area contributed by atoms with Crippen molar-refractivity contribution < 1.29 is 45.4 Å². The van der Waals surface area contributed by atoms with Gasteiger partial charge in [0.2, 0.25) is 0 Å². The van der Waals surface area contributed by atoms with Crippen molar-refractivity contribution in [3.63, 3.8) is 0 Å². The number of rotatable bonds is 7. The van der Waals surface area contributed by atoms with Crippen molar-refractivity contribution in [2.45, 2.75) is 13.8 Å².